The number of esters is 1. The van der Waals surface area contributed by atoms with Crippen molar-refractivity contribution >= 4 is 17.9 Å². The van der Waals surface area contributed by atoms with Crippen LogP contribution < -0.4 is 14.2 Å². The molecule has 6 nitrogen and oxygen atoms in total. The zero-order valence-corrected chi connectivity index (χ0v) is 15.1. The normalized spacial score (nSPS) is 14.5. The van der Waals surface area contributed by atoms with Gasteiger partial charge in [-0.15, -0.1) is 0 Å². The summed E-state index contributed by atoms with van der Waals surface area (Å²) in [5, 5.41) is 0. The fourth-order valence-electron chi connectivity index (χ4n) is 2.55. The van der Waals surface area contributed by atoms with Crippen LogP contribution in [0, 0.1) is 0 Å². The van der Waals surface area contributed by atoms with Gasteiger partial charge in [-0.05, 0) is 35.9 Å². The number of methoxy groups -OCH3 is 2. The molecule has 0 saturated carbocycles. The Bertz CT molecular complexity index is 930. The highest BCUT2D eigenvalue weighted by molar-refractivity contribution is 6.13. The van der Waals surface area contributed by atoms with Crippen molar-refractivity contribution in [2.45, 2.75) is 0 Å². The molecule has 0 radical (unpaired) electrons. The predicted molar refractivity (Wildman–Crippen MR) is 102 cm³/mol. The van der Waals surface area contributed by atoms with Crippen LogP contribution in [0.4, 0.5) is 0 Å². The first kappa shape index (κ1) is 18.3. The van der Waals surface area contributed by atoms with E-state index in [1.807, 2.05) is 12.1 Å². The zero-order chi connectivity index (χ0) is 19.2. The molecule has 1 aliphatic rings. The second-order valence-corrected chi connectivity index (χ2v) is 5.55. The number of nitrogens with zero attached hydrogens (tertiary/aromatic N) is 1. The molecule has 0 aliphatic carbocycles. The average molecular weight is 365 g/mol. The number of hydrogen-bond acceptors (Lipinski definition) is 6. The van der Waals surface area contributed by atoms with Gasteiger partial charge in [-0.3, -0.25) is 0 Å². The molecule has 0 unspecified atom stereocenters. The quantitative estimate of drug-likeness (QED) is 0.426. The van der Waals surface area contributed by atoms with Gasteiger partial charge in [0, 0.05) is 0 Å². The molecule has 3 rings (SSSR count). The average Bonchev–Trinajstić information content (AvgIpc) is 3.06. The van der Waals surface area contributed by atoms with E-state index in [0.29, 0.717) is 29.4 Å². The van der Waals surface area contributed by atoms with Crippen LogP contribution in [-0.2, 0) is 9.53 Å². The molecule has 2 aromatic rings. The number of aliphatic imine (C=N–C) groups is 1. The Labute approximate surface area is 157 Å². The number of benzene rings is 2. The number of carbonyl (C=O) groups is 1. The standard InChI is InChI=1S/C21H19NO5/c1-4-11-26-18-10-9-14(13-19(18)25-3)12-16-21(23)27-20(22-16)15-7-5-6-8-17(15)24-2/h4-10,12-13H,1,11H2,2-3H3/b16-12-. The van der Waals surface area contributed by atoms with Gasteiger partial charge in [0.05, 0.1) is 19.8 Å². The van der Waals surface area contributed by atoms with E-state index in [4.69, 9.17) is 18.9 Å². The molecule has 0 atom stereocenters. The minimum absolute atomic E-state index is 0.192. The second-order valence-electron chi connectivity index (χ2n) is 5.55. The van der Waals surface area contributed by atoms with Crippen LogP contribution >= 0.6 is 0 Å². The second kappa shape index (κ2) is 8.23. The zero-order valence-electron chi connectivity index (χ0n) is 15.1. The first-order valence-electron chi connectivity index (χ1n) is 8.24. The van der Waals surface area contributed by atoms with E-state index in [9.17, 15) is 4.79 Å². The van der Waals surface area contributed by atoms with Crippen LogP contribution in [0.2, 0.25) is 0 Å². The molecule has 1 heterocycles. The fourth-order valence-corrected chi connectivity index (χ4v) is 2.55. The van der Waals surface area contributed by atoms with E-state index in [1.54, 1.807) is 56.7 Å². The van der Waals surface area contributed by atoms with E-state index in [0.717, 1.165) is 5.56 Å². The van der Waals surface area contributed by atoms with E-state index < -0.39 is 5.97 Å². The molecule has 0 amide bonds. The van der Waals surface area contributed by atoms with Gasteiger partial charge in [-0.1, -0.05) is 30.9 Å². The summed E-state index contributed by atoms with van der Waals surface area (Å²) in [6.07, 6.45) is 3.28. The lowest BCUT2D eigenvalue weighted by Gasteiger charge is -2.09. The van der Waals surface area contributed by atoms with Gasteiger partial charge in [-0.2, -0.15) is 0 Å². The summed E-state index contributed by atoms with van der Waals surface area (Å²) in [6, 6.07) is 12.5. The monoisotopic (exact) mass is 365 g/mol. The number of carbonyl (C=O) groups excluding carboxylic acids is 1. The minimum Gasteiger partial charge on any atom is -0.496 e. The maximum atomic E-state index is 12.2. The van der Waals surface area contributed by atoms with E-state index >= 15 is 0 Å². The van der Waals surface area contributed by atoms with Crippen LogP contribution in [0.15, 0.2) is 65.8 Å². The Morgan fingerprint density at radius 2 is 1.85 bits per heavy atom. The highest BCUT2D eigenvalue weighted by Gasteiger charge is 2.26. The lowest BCUT2D eigenvalue weighted by atomic mass is 10.1. The van der Waals surface area contributed by atoms with E-state index in [2.05, 4.69) is 11.6 Å². The largest absolute Gasteiger partial charge is 0.496 e. The van der Waals surface area contributed by atoms with E-state index in [1.165, 1.54) is 0 Å². The molecule has 0 spiro atoms. The van der Waals surface area contributed by atoms with Crippen LogP contribution in [0.1, 0.15) is 11.1 Å². The van der Waals surface area contributed by atoms with Gasteiger partial charge in [0.15, 0.2) is 17.2 Å². The van der Waals surface area contributed by atoms with Crippen molar-refractivity contribution in [2.75, 3.05) is 20.8 Å². The van der Waals surface area contributed by atoms with Crippen LogP contribution in [0.25, 0.3) is 6.08 Å². The molecule has 0 N–H and O–H groups in total. The molecule has 0 aromatic heterocycles. The first-order chi connectivity index (χ1) is 13.2. The topological polar surface area (TPSA) is 66.3 Å². The van der Waals surface area contributed by atoms with Crippen molar-refractivity contribution in [3.05, 3.63) is 71.9 Å². The lowest BCUT2D eigenvalue weighted by Crippen LogP contribution is -2.06. The maximum absolute atomic E-state index is 12.2. The van der Waals surface area contributed by atoms with Gasteiger partial charge in [-0.25, -0.2) is 9.79 Å². The van der Waals surface area contributed by atoms with Crippen molar-refractivity contribution in [3.63, 3.8) is 0 Å². The fraction of sp³-hybridized carbons (Fsp3) is 0.143. The van der Waals surface area contributed by atoms with Crippen LogP contribution in [0.5, 0.6) is 17.2 Å². The predicted octanol–water partition coefficient (Wildman–Crippen LogP) is 3.61. The number of cyclic esters (lactones) is 1. The van der Waals surface area contributed by atoms with Gasteiger partial charge < -0.3 is 18.9 Å². The van der Waals surface area contributed by atoms with Gasteiger partial charge >= 0.3 is 5.97 Å². The van der Waals surface area contributed by atoms with Gasteiger partial charge in [0.25, 0.3) is 0 Å². The van der Waals surface area contributed by atoms with Crippen molar-refractivity contribution in [1.82, 2.24) is 0 Å². The Hall–Kier alpha value is -3.54. The summed E-state index contributed by atoms with van der Waals surface area (Å²) in [4.78, 5) is 16.5. The Morgan fingerprint density at radius 1 is 1.07 bits per heavy atom. The van der Waals surface area contributed by atoms with Gasteiger partial charge in [0.2, 0.25) is 5.90 Å². The van der Waals surface area contributed by atoms with Crippen LogP contribution in [-0.4, -0.2) is 32.7 Å². The molecule has 0 bridgehead atoms. The number of ether oxygens (including phenoxy) is 4. The highest BCUT2D eigenvalue weighted by Crippen LogP contribution is 2.30. The molecule has 1 aliphatic heterocycles. The summed E-state index contributed by atoms with van der Waals surface area (Å²) in [7, 11) is 3.10. The molecular formula is C21H19NO5. The SMILES string of the molecule is C=CCOc1ccc(/C=C2\N=C(c3ccccc3OC)OC2=O)cc1OC. The Kier molecular flexibility index (Phi) is 5.56. The molecule has 138 valence electrons. The number of para-hydroxylation sites is 1. The summed E-state index contributed by atoms with van der Waals surface area (Å²) in [5.74, 6) is 1.40. The molecule has 0 saturated heterocycles. The van der Waals surface area contributed by atoms with Crippen molar-refractivity contribution in [2.24, 2.45) is 4.99 Å². The molecule has 6 heteroatoms. The lowest BCUT2D eigenvalue weighted by molar-refractivity contribution is -0.129. The van der Waals surface area contributed by atoms with Crippen molar-refractivity contribution in [1.29, 1.82) is 0 Å². The van der Waals surface area contributed by atoms with Gasteiger partial charge in [0.1, 0.15) is 12.4 Å². The third-order valence-corrected chi connectivity index (χ3v) is 3.81. The van der Waals surface area contributed by atoms with Crippen molar-refractivity contribution in [3.8, 4) is 17.2 Å². The van der Waals surface area contributed by atoms with Crippen LogP contribution in [0.3, 0.4) is 0 Å². The first-order valence-corrected chi connectivity index (χ1v) is 8.24. The third-order valence-electron chi connectivity index (χ3n) is 3.81. The molecule has 0 fully saturated rings. The summed E-state index contributed by atoms with van der Waals surface area (Å²) < 4.78 is 21.5. The highest BCUT2D eigenvalue weighted by atomic mass is 16.6. The number of hydrogen-bond donors (Lipinski definition) is 0. The van der Waals surface area contributed by atoms with Crippen molar-refractivity contribution < 1.29 is 23.7 Å². The number of rotatable bonds is 7. The Morgan fingerprint density at radius 3 is 2.59 bits per heavy atom. The summed E-state index contributed by atoms with van der Waals surface area (Å²) in [6.45, 7) is 3.99. The summed E-state index contributed by atoms with van der Waals surface area (Å²) in [5.41, 5.74) is 1.54. The minimum atomic E-state index is -0.526. The summed E-state index contributed by atoms with van der Waals surface area (Å²) >= 11 is 0. The smallest absolute Gasteiger partial charge is 0.363 e. The Balaban J connectivity index is 1.91. The molecule has 2 aromatic carbocycles. The maximum Gasteiger partial charge on any atom is 0.363 e. The van der Waals surface area contributed by atoms with E-state index in [-0.39, 0.29) is 11.6 Å². The molecular weight excluding hydrogens is 346 g/mol. The third kappa shape index (κ3) is 4.00. The molecule has 27 heavy (non-hydrogen) atoms.